The van der Waals surface area contributed by atoms with Crippen molar-refractivity contribution in [2.24, 2.45) is 5.92 Å². The molecule has 1 N–H and O–H groups in total. The Morgan fingerprint density at radius 2 is 1.86 bits per heavy atom. The zero-order chi connectivity index (χ0) is 19.7. The van der Waals surface area contributed by atoms with Crippen molar-refractivity contribution in [1.82, 2.24) is 4.98 Å². The number of anilines is 1. The van der Waals surface area contributed by atoms with E-state index in [0.29, 0.717) is 22.9 Å². The van der Waals surface area contributed by atoms with Crippen LogP contribution in [0, 0.1) is 5.92 Å². The SMILES string of the molecule is CC(=O)Nc1ccc(OC(=O)c2c3c(nc4ccccc24)CC[C@H](C)C3)cc1. The number of hydrogen-bond donors (Lipinski definition) is 1. The number of amides is 1. The minimum Gasteiger partial charge on any atom is -0.423 e. The summed E-state index contributed by atoms with van der Waals surface area (Å²) in [6.07, 6.45) is 2.80. The number of pyridine rings is 1. The van der Waals surface area contributed by atoms with Crippen LogP contribution in [0.25, 0.3) is 10.9 Å². The second-order valence-electron chi connectivity index (χ2n) is 7.37. The second kappa shape index (κ2) is 7.43. The van der Waals surface area contributed by atoms with Crippen molar-refractivity contribution >= 4 is 28.5 Å². The number of nitrogens with one attached hydrogen (secondary N) is 1. The summed E-state index contributed by atoms with van der Waals surface area (Å²) in [5.41, 5.74) is 4.12. The number of carbonyl (C=O) groups excluding carboxylic acids is 2. The normalized spacial score (nSPS) is 15.7. The zero-order valence-electron chi connectivity index (χ0n) is 16.0. The van der Waals surface area contributed by atoms with Gasteiger partial charge >= 0.3 is 5.97 Å². The predicted octanol–water partition coefficient (Wildman–Crippen LogP) is 4.54. The molecule has 3 aromatic rings. The minimum atomic E-state index is -0.365. The van der Waals surface area contributed by atoms with Crippen molar-refractivity contribution < 1.29 is 14.3 Å². The van der Waals surface area contributed by atoms with Crippen LogP contribution in [-0.2, 0) is 17.6 Å². The molecule has 1 heterocycles. The average molecular weight is 374 g/mol. The van der Waals surface area contributed by atoms with Crippen LogP contribution >= 0.6 is 0 Å². The Kier molecular flexibility index (Phi) is 4.82. The predicted molar refractivity (Wildman–Crippen MR) is 109 cm³/mol. The molecule has 0 bridgehead atoms. The van der Waals surface area contributed by atoms with Crippen molar-refractivity contribution in [3.8, 4) is 5.75 Å². The summed E-state index contributed by atoms with van der Waals surface area (Å²) >= 11 is 0. The molecule has 0 fully saturated rings. The topological polar surface area (TPSA) is 68.3 Å². The molecule has 4 rings (SSSR count). The zero-order valence-corrected chi connectivity index (χ0v) is 16.0. The smallest absolute Gasteiger partial charge is 0.344 e. The fraction of sp³-hybridized carbons (Fsp3) is 0.261. The van der Waals surface area contributed by atoms with Crippen molar-refractivity contribution in [3.05, 3.63) is 65.4 Å². The van der Waals surface area contributed by atoms with Crippen molar-refractivity contribution in [2.45, 2.75) is 33.1 Å². The molecule has 0 spiro atoms. The summed E-state index contributed by atoms with van der Waals surface area (Å²) in [5, 5.41) is 3.53. The number of aryl methyl sites for hydroxylation is 1. The van der Waals surface area contributed by atoms with Crippen LogP contribution in [0.1, 0.15) is 41.9 Å². The Labute approximate surface area is 163 Å². The first-order chi connectivity index (χ1) is 13.5. The van der Waals surface area contributed by atoms with Crippen LogP contribution in [0.3, 0.4) is 0 Å². The van der Waals surface area contributed by atoms with Gasteiger partial charge in [-0.2, -0.15) is 0 Å². The highest BCUT2D eigenvalue weighted by atomic mass is 16.5. The Morgan fingerprint density at radius 3 is 2.61 bits per heavy atom. The average Bonchev–Trinajstić information content (AvgIpc) is 2.67. The molecule has 0 unspecified atom stereocenters. The number of nitrogens with zero attached hydrogens (tertiary/aromatic N) is 1. The quantitative estimate of drug-likeness (QED) is 0.540. The van der Waals surface area contributed by atoms with E-state index in [1.807, 2.05) is 24.3 Å². The van der Waals surface area contributed by atoms with Gasteiger partial charge in [-0.15, -0.1) is 0 Å². The molecule has 0 saturated heterocycles. The number of para-hydroxylation sites is 1. The Morgan fingerprint density at radius 1 is 1.11 bits per heavy atom. The molecule has 142 valence electrons. The Bertz CT molecular complexity index is 1060. The van der Waals surface area contributed by atoms with Gasteiger partial charge in [-0.05, 0) is 61.1 Å². The van der Waals surface area contributed by atoms with E-state index < -0.39 is 0 Å². The summed E-state index contributed by atoms with van der Waals surface area (Å²) in [6.45, 7) is 3.65. The molecule has 0 radical (unpaired) electrons. The van der Waals surface area contributed by atoms with Crippen LogP contribution in [-0.4, -0.2) is 16.9 Å². The molecule has 28 heavy (non-hydrogen) atoms. The molecule has 1 aliphatic rings. The van der Waals surface area contributed by atoms with Crippen LogP contribution in [0.4, 0.5) is 5.69 Å². The van der Waals surface area contributed by atoms with Gasteiger partial charge in [0.15, 0.2) is 0 Å². The molecule has 1 aromatic heterocycles. The first kappa shape index (κ1) is 18.2. The molecule has 5 heteroatoms. The maximum atomic E-state index is 13.1. The van der Waals surface area contributed by atoms with E-state index >= 15 is 0 Å². The standard InChI is InChI=1S/C23H22N2O3/c1-14-7-12-21-19(13-14)22(18-5-3-4-6-20(18)25-21)23(27)28-17-10-8-16(9-11-17)24-15(2)26/h3-6,8-11,14H,7,12-13H2,1-2H3,(H,24,26)/t14-/m0/s1. The monoisotopic (exact) mass is 374 g/mol. The highest BCUT2D eigenvalue weighted by Gasteiger charge is 2.26. The van der Waals surface area contributed by atoms with Crippen molar-refractivity contribution in [3.63, 3.8) is 0 Å². The van der Waals surface area contributed by atoms with Crippen LogP contribution in [0.2, 0.25) is 0 Å². The molecular weight excluding hydrogens is 352 g/mol. The van der Waals surface area contributed by atoms with Gasteiger partial charge in [0.05, 0.1) is 11.1 Å². The highest BCUT2D eigenvalue weighted by molar-refractivity contribution is 6.06. The van der Waals surface area contributed by atoms with Gasteiger partial charge in [0.2, 0.25) is 5.91 Å². The van der Waals surface area contributed by atoms with E-state index in [-0.39, 0.29) is 11.9 Å². The lowest BCUT2D eigenvalue weighted by Crippen LogP contribution is -2.20. The van der Waals surface area contributed by atoms with E-state index in [1.54, 1.807) is 24.3 Å². The third-order valence-electron chi connectivity index (χ3n) is 5.09. The van der Waals surface area contributed by atoms with Gasteiger partial charge in [-0.1, -0.05) is 25.1 Å². The van der Waals surface area contributed by atoms with E-state index in [0.717, 1.165) is 41.4 Å². The first-order valence-corrected chi connectivity index (χ1v) is 9.51. The number of ether oxygens (including phenoxy) is 1. The fourth-order valence-electron chi connectivity index (χ4n) is 3.76. The van der Waals surface area contributed by atoms with Crippen LogP contribution in [0.15, 0.2) is 48.5 Å². The Balaban J connectivity index is 1.70. The molecule has 1 amide bonds. The molecular formula is C23H22N2O3. The second-order valence-corrected chi connectivity index (χ2v) is 7.37. The van der Waals surface area contributed by atoms with Crippen LogP contribution < -0.4 is 10.1 Å². The number of fused-ring (bicyclic) bond motifs is 2. The number of esters is 1. The first-order valence-electron chi connectivity index (χ1n) is 9.51. The number of carbonyl (C=O) groups is 2. The van der Waals surface area contributed by atoms with Gasteiger partial charge in [0.1, 0.15) is 5.75 Å². The molecule has 0 saturated carbocycles. The van der Waals surface area contributed by atoms with E-state index in [9.17, 15) is 9.59 Å². The Hall–Kier alpha value is -3.21. The molecule has 1 aliphatic carbocycles. The highest BCUT2D eigenvalue weighted by Crippen LogP contribution is 2.32. The van der Waals surface area contributed by atoms with Crippen LogP contribution in [0.5, 0.6) is 5.75 Å². The molecule has 2 aromatic carbocycles. The largest absolute Gasteiger partial charge is 0.423 e. The van der Waals surface area contributed by atoms with E-state index in [2.05, 4.69) is 12.2 Å². The number of rotatable bonds is 3. The van der Waals surface area contributed by atoms with Crippen molar-refractivity contribution in [2.75, 3.05) is 5.32 Å². The minimum absolute atomic E-state index is 0.145. The van der Waals surface area contributed by atoms with Gasteiger partial charge in [0.25, 0.3) is 0 Å². The van der Waals surface area contributed by atoms with E-state index in [1.165, 1.54) is 6.92 Å². The molecule has 5 nitrogen and oxygen atoms in total. The lowest BCUT2D eigenvalue weighted by molar-refractivity contribution is -0.114. The number of benzene rings is 2. The van der Waals surface area contributed by atoms with Gasteiger partial charge < -0.3 is 10.1 Å². The van der Waals surface area contributed by atoms with Gasteiger partial charge in [-0.3, -0.25) is 9.78 Å². The summed E-state index contributed by atoms with van der Waals surface area (Å²) in [4.78, 5) is 29.1. The maximum absolute atomic E-state index is 13.1. The third kappa shape index (κ3) is 3.60. The van der Waals surface area contributed by atoms with E-state index in [4.69, 9.17) is 9.72 Å². The lowest BCUT2D eigenvalue weighted by atomic mass is 9.84. The molecule has 1 atom stereocenters. The van der Waals surface area contributed by atoms with Gasteiger partial charge in [-0.25, -0.2) is 4.79 Å². The number of hydrogen-bond acceptors (Lipinski definition) is 4. The van der Waals surface area contributed by atoms with Gasteiger partial charge in [0, 0.05) is 23.7 Å². The fourth-order valence-corrected chi connectivity index (χ4v) is 3.76. The summed E-state index contributed by atoms with van der Waals surface area (Å²) in [6, 6.07) is 14.5. The lowest BCUT2D eigenvalue weighted by Gasteiger charge is -2.24. The van der Waals surface area contributed by atoms with Crippen molar-refractivity contribution in [1.29, 1.82) is 0 Å². The summed E-state index contributed by atoms with van der Waals surface area (Å²) in [5.74, 6) is 0.446. The maximum Gasteiger partial charge on any atom is 0.344 e. The third-order valence-corrected chi connectivity index (χ3v) is 5.09. The number of aromatic nitrogens is 1. The molecule has 0 aliphatic heterocycles. The summed E-state index contributed by atoms with van der Waals surface area (Å²) in [7, 11) is 0. The summed E-state index contributed by atoms with van der Waals surface area (Å²) < 4.78 is 5.69.